The number of hydrogen-bond acceptors (Lipinski definition) is 3. The molecule has 0 spiro atoms. The largest absolute Gasteiger partial charge is 0.496 e. The highest BCUT2D eigenvalue weighted by atomic mass is 79.9. The molecule has 4 nitrogen and oxygen atoms in total. The third-order valence-corrected chi connectivity index (χ3v) is 3.40. The van der Waals surface area contributed by atoms with Gasteiger partial charge in [0.05, 0.1) is 18.9 Å². The van der Waals surface area contributed by atoms with Crippen LogP contribution in [0.2, 0.25) is 5.02 Å². The van der Waals surface area contributed by atoms with Crippen molar-refractivity contribution >= 4 is 39.7 Å². The van der Waals surface area contributed by atoms with Gasteiger partial charge in [-0.25, -0.2) is 5.43 Å². The van der Waals surface area contributed by atoms with Crippen molar-refractivity contribution in [2.45, 2.75) is 0 Å². The molecule has 1 amide bonds. The predicted molar refractivity (Wildman–Crippen MR) is 87.2 cm³/mol. The Morgan fingerprint density at radius 3 is 2.67 bits per heavy atom. The molecule has 6 heteroatoms. The van der Waals surface area contributed by atoms with Crippen LogP contribution in [-0.2, 0) is 0 Å². The van der Waals surface area contributed by atoms with E-state index in [1.807, 2.05) is 0 Å². The average Bonchev–Trinajstić information content (AvgIpc) is 2.49. The summed E-state index contributed by atoms with van der Waals surface area (Å²) in [4.78, 5) is 12.1. The highest BCUT2D eigenvalue weighted by Gasteiger charge is 2.11. The number of amides is 1. The third-order valence-electron chi connectivity index (χ3n) is 2.66. The second-order valence-electron chi connectivity index (χ2n) is 4.10. The van der Waals surface area contributed by atoms with E-state index in [1.54, 1.807) is 48.7 Å². The van der Waals surface area contributed by atoms with Crippen molar-refractivity contribution in [1.29, 1.82) is 0 Å². The van der Waals surface area contributed by atoms with E-state index in [0.717, 1.165) is 10.0 Å². The SMILES string of the molecule is COc1ccc(Br)cc1C(=O)N/N=C\c1ccc(Cl)cc1. The van der Waals surface area contributed by atoms with Crippen LogP contribution < -0.4 is 10.2 Å². The zero-order chi connectivity index (χ0) is 15.2. The highest BCUT2D eigenvalue weighted by molar-refractivity contribution is 9.10. The molecule has 0 aliphatic heterocycles. The van der Waals surface area contributed by atoms with Gasteiger partial charge in [0.1, 0.15) is 5.75 Å². The van der Waals surface area contributed by atoms with Gasteiger partial charge in [0.15, 0.2) is 0 Å². The van der Waals surface area contributed by atoms with Gasteiger partial charge in [-0.1, -0.05) is 39.7 Å². The summed E-state index contributed by atoms with van der Waals surface area (Å²) in [6.45, 7) is 0. The first-order valence-electron chi connectivity index (χ1n) is 6.02. The van der Waals surface area contributed by atoms with Gasteiger partial charge in [0.2, 0.25) is 0 Å². The van der Waals surface area contributed by atoms with Gasteiger partial charge >= 0.3 is 0 Å². The van der Waals surface area contributed by atoms with Crippen LogP contribution in [-0.4, -0.2) is 19.2 Å². The molecule has 0 saturated heterocycles. The van der Waals surface area contributed by atoms with E-state index in [0.29, 0.717) is 16.3 Å². The van der Waals surface area contributed by atoms with Gasteiger partial charge < -0.3 is 4.74 Å². The zero-order valence-corrected chi connectivity index (χ0v) is 13.5. The van der Waals surface area contributed by atoms with E-state index in [-0.39, 0.29) is 5.91 Å². The van der Waals surface area contributed by atoms with E-state index >= 15 is 0 Å². The summed E-state index contributed by atoms with van der Waals surface area (Å²) in [5.74, 6) is 0.135. The summed E-state index contributed by atoms with van der Waals surface area (Å²) >= 11 is 9.11. The molecule has 0 bridgehead atoms. The van der Waals surface area contributed by atoms with Crippen LogP contribution in [0.15, 0.2) is 52.0 Å². The molecule has 0 radical (unpaired) electrons. The lowest BCUT2D eigenvalue weighted by Gasteiger charge is -2.07. The quantitative estimate of drug-likeness (QED) is 0.659. The molecule has 0 unspecified atom stereocenters. The first-order valence-corrected chi connectivity index (χ1v) is 7.20. The van der Waals surface area contributed by atoms with Crippen LogP contribution in [0.1, 0.15) is 15.9 Å². The summed E-state index contributed by atoms with van der Waals surface area (Å²) in [6.07, 6.45) is 1.54. The van der Waals surface area contributed by atoms with E-state index in [2.05, 4.69) is 26.5 Å². The minimum absolute atomic E-state index is 0.349. The first-order chi connectivity index (χ1) is 10.1. The smallest absolute Gasteiger partial charge is 0.275 e. The minimum atomic E-state index is -0.349. The molecule has 2 aromatic carbocycles. The van der Waals surface area contributed by atoms with Gasteiger partial charge in [-0.15, -0.1) is 0 Å². The lowest BCUT2D eigenvalue weighted by atomic mass is 10.2. The van der Waals surface area contributed by atoms with Crippen LogP contribution in [0.5, 0.6) is 5.75 Å². The Hall–Kier alpha value is -1.85. The van der Waals surface area contributed by atoms with E-state index < -0.39 is 0 Å². The van der Waals surface area contributed by atoms with Crippen molar-refractivity contribution in [2.75, 3.05) is 7.11 Å². The van der Waals surface area contributed by atoms with Crippen molar-refractivity contribution in [3.8, 4) is 5.75 Å². The Bertz CT molecular complexity index is 672. The summed E-state index contributed by atoms with van der Waals surface area (Å²) < 4.78 is 5.94. The Balaban J connectivity index is 2.08. The summed E-state index contributed by atoms with van der Waals surface area (Å²) in [5.41, 5.74) is 3.70. The third kappa shape index (κ3) is 4.31. The number of nitrogens with zero attached hydrogens (tertiary/aromatic N) is 1. The minimum Gasteiger partial charge on any atom is -0.496 e. The molecule has 2 rings (SSSR count). The maximum absolute atomic E-state index is 12.1. The standard InChI is InChI=1S/C15H12BrClN2O2/c1-21-14-7-4-11(16)8-13(14)15(20)19-18-9-10-2-5-12(17)6-3-10/h2-9H,1H3,(H,19,20)/b18-9-. The maximum Gasteiger partial charge on any atom is 0.275 e. The van der Waals surface area contributed by atoms with Crippen LogP contribution in [0.4, 0.5) is 0 Å². The van der Waals surface area contributed by atoms with Crippen molar-refractivity contribution in [2.24, 2.45) is 5.10 Å². The molecule has 2 aromatic rings. The number of benzene rings is 2. The van der Waals surface area contributed by atoms with Crippen molar-refractivity contribution in [3.05, 3.63) is 63.1 Å². The van der Waals surface area contributed by atoms with Crippen LogP contribution in [0.3, 0.4) is 0 Å². The van der Waals surface area contributed by atoms with Crippen LogP contribution in [0, 0.1) is 0 Å². The van der Waals surface area contributed by atoms with Crippen LogP contribution >= 0.6 is 27.5 Å². The van der Waals surface area contributed by atoms with Crippen LogP contribution in [0.25, 0.3) is 0 Å². The van der Waals surface area contributed by atoms with Gasteiger partial charge in [0, 0.05) is 9.50 Å². The molecule has 0 aliphatic rings. The average molecular weight is 368 g/mol. The molecule has 21 heavy (non-hydrogen) atoms. The number of carbonyl (C=O) groups is 1. The predicted octanol–water partition coefficient (Wildman–Crippen LogP) is 3.88. The number of methoxy groups -OCH3 is 1. The second kappa shape index (κ2) is 7.24. The number of hydrogen-bond donors (Lipinski definition) is 1. The zero-order valence-electron chi connectivity index (χ0n) is 11.1. The Morgan fingerprint density at radius 1 is 1.29 bits per heavy atom. The molecular weight excluding hydrogens is 356 g/mol. The molecule has 0 fully saturated rings. The normalized spacial score (nSPS) is 10.6. The molecule has 0 atom stereocenters. The Morgan fingerprint density at radius 2 is 2.00 bits per heavy atom. The number of nitrogens with one attached hydrogen (secondary N) is 1. The molecule has 0 aromatic heterocycles. The number of rotatable bonds is 4. The molecule has 0 aliphatic carbocycles. The second-order valence-corrected chi connectivity index (χ2v) is 5.45. The molecule has 0 saturated carbocycles. The first kappa shape index (κ1) is 15.5. The fourth-order valence-electron chi connectivity index (χ4n) is 1.63. The number of ether oxygens (including phenoxy) is 1. The van der Waals surface area contributed by atoms with Crippen molar-refractivity contribution in [3.63, 3.8) is 0 Å². The fourth-order valence-corrected chi connectivity index (χ4v) is 2.12. The molecule has 0 heterocycles. The van der Waals surface area contributed by atoms with Gasteiger partial charge in [-0.05, 0) is 35.9 Å². The van der Waals surface area contributed by atoms with Crippen molar-refractivity contribution < 1.29 is 9.53 Å². The summed E-state index contributed by atoms with van der Waals surface area (Å²) in [5, 5.41) is 4.56. The molecular formula is C15H12BrClN2O2. The molecule has 1 N–H and O–H groups in total. The lowest BCUT2D eigenvalue weighted by Crippen LogP contribution is -2.18. The topological polar surface area (TPSA) is 50.7 Å². The van der Waals surface area contributed by atoms with Gasteiger partial charge in [0.25, 0.3) is 5.91 Å². The monoisotopic (exact) mass is 366 g/mol. The fraction of sp³-hybridized carbons (Fsp3) is 0.0667. The van der Waals surface area contributed by atoms with Gasteiger partial charge in [-0.3, -0.25) is 4.79 Å². The van der Waals surface area contributed by atoms with Gasteiger partial charge in [-0.2, -0.15) is 5.10 Å². The van der Waals surface area contributed by atoms with E-state index in [1.165, 1.54) is 7.11 Å². The maximum atomic E-state index is 12.1. The van der Waals surface area contributed by atoms with E-state index in [9.17, 15) is 4.79 Å². The summed E-state index contributed by atoms with van der Waals surface area (Å²) in [7, 11) is 1.51. The Labute approximate surface area is 135 Å². The Kier molecular flexibility index (Phi) is 5.36. The number of carbonyl (C=O) groups excluding carboxylic acids is 1. The number of hydrazone groups is 1. The van der Waals surface area contributed by atoms with Crippen molar-refractivity contribution in [1.82, 2.24) is 5.43 Å². The number of halogens is 2. The highest BCUT2D eigenvalue weighted by Crippen LogP contribution is 2.22. The lowest BCUT2D eigenvalue weighted by molar-refractivity contribution is 0.0952. The van der Waals surface area contributed by atoms with E-state index in [4.69, 9.17) is 16.3 Å². The molecule has 108 valence electrons. The summed E-state index contributed by atoms with van der Waals surface area (Å²) in [6, 6.07) is 12.3.